The number of methoxy groups -OCH3 is 3. The summed E-state index contributed by atoms with van der Waals surface area (Å²) in [5.74, 6) is 0. The SMILES string of the molecule is COC(OC)OC.[N-]=[N+]=[N-].[Na+]. The van der Waals surface area contributed by atoms with Crippen LogP contribution < -0.4 is 29.6 Å². The molecule has 0 rings (SSSR count). The van der Waals surface area contributed by atoms with Crippen molar-refractivity contribution in [3.63, 3.8) is 0 Å². The van der Waals surface area contributed by atoms with Gasteiger partial charge in [0.15, 0.2) is 0 Å². The Morgan fingerprint density at radius 2 is 1.18 bits per heavy atom. The van der Waals surface area contributed by atoms with Gasteiger partial charge in [-0.3, -0.25) is 4.91 Å². The summed E-state index contributed by atoms with van der Waals surface area (Å²) in [5, 5.41) is 0. The molecule has 0 aliphatic carbocycles. The van der Waals surface area contributed by atoms with Crippen LogP contribution in [0.3, 0.4) is 0 Å². The van der Waals surface area contributed by atoms with Crippen LogP contribution in [0.1, 0.15) is 0 Å². The molecule has 7 heteroatoms. The van der Waals surface area contributed by atoms with Crippen LogP contribution in [0.15, 0.2) is 0 Å². The van der Waals surface area contributed by atoms with Crippen molar-refractivity contribution in [3.05, 3.63) is 16.0 Å². The van der Waals surface area contributed by atoms with Crippen LogP contribution in [-0.2, 0) is 14.2 Å². The van der Waals surface area contributed by atoms with Crippen LogP contribution in [0.4, 0.5) is 0 Å². The monoisotopic (exact) mass is 171 g/mol. The minimum atomic E-state index is -0.514. The molecule has 0 N–H and O–H groups in total. The van der Waals surface area contributed by atoms with E-state index in [2.05, 4.69) is 14.2 Å². The molecule has 0 aromatic rings. The van der Waals surface area contributed by atoms with Crippen molar-refractivity contribution < 1.29 is 43.8 Å². The molecule has 0 saturated heterocycles. The molecule has 0 saturated carbocycles. The van der Waals surface area contributed by atoms with Gasteiger partial charge in [-0.2, -0.15) is 0 Å². The summed E-state index contributed by atoms with van der Waals surface area (Å²) in [4.78, 5) is 1.50. The Morgan fingerprint density at radius 3 is 1.18 bits per heavy atom. The molecule has 0 aromatic heterocycles. The largest absolute Gasteiger partial charge is 1.00 e. The zero-order chi connectivity index (χ0) is 8.41. The first-order chi connectivity index (χ1) is 4.76. The fourth-order valence-electron chi connectivity index (χ4n) is 0.289. The predicted molar refractivity (Wildman–Crippen MR) is 34.9 cm³/mol. The maximum Gasteiger partial charge on any atom is 1.00 e. The number of ether oxygens (including phenoxy) is 3. The number of rotatable bonds is 3. The molecule has 0 bridgehead atoms. The molecule has 11 heavy (non-hydrogen) atoms. The van der Waals surface area contributed by atoms with E-state index in [1.54, 1.807) is 0 Å². The molecule has 0 fully saturated rings. The van der Waals surface area contributed by atoms with Crippen LogP contribution in [0.5, 0.6) is 0 Å². The summed E-state index contributed by atoms with van der Waals surface area (Å²) in [5.41, 5.74) is 13.5. The van der Waals surface area contributed by atoms with Gasteiger partial charge in [0.2, 0.25) is 0 Å². The van der Waals surface area contributed by atoms with Crippen LogP contribution in [0.2, 0.25) is 0 Å². The Balaban J connectivity index is -0.000000140. The van der Waals surface area contributed by atoms with E-state index >= 15 is 0 Å². The third-order valence-electron chi connectivity index (χ3n) is 0.577. The van der Waals surface area contributed by atoms with E-state index in [0.29, 0.717) is 0 Å². The molecule has 0 radical (unpaired) electrons. The van der Waals surface area contributed by atoms with Gasteiger partial charge in [0.1, 0.15) is 0 Å². The first kappa shape index (κ1) is 17.3. The summed E-state index contributed by atoms with van der Waals surface area (Å²) < 4.78 is 13.8. The average Bonchev–Trinajstić information content (AvgIpc) is 1.93. The standard InChI is InChI=1S/C4H10O3.N3.Na/c1-5-4(6-2)7-3;1-3-2;/h4H,1-3H3;;/q;-1;+1. The number of nitrogens with zero attached hydrogens (tertiary/aromatic N) is 3. The average molecular weight is 171 g/mol. The fourth-order valence-corrected chi connectivity index (χ4v) is 0.289. The van der Waals surface area contributed by atoms with Crippen LogP contribution in [0, 0.1) is 0 Å². The van der Waals surface area contributed by atoms with Gasteiger partial charge in [-0.25, -0.2) is 0 Å². The Morgan fingerprint density at radius 1 is 1.00 bits per heavy atom. The fraction of sp³-hybridized carbons (Fsp3) is 1.00. The molecule has 0 unspecified atom stereocenters. The molecule has 0 aliphatic heterocycles. The van der Waals surface area contributed by atoms with Gasteiger partial charge in [-0.1, -0.05) is 0 Å². The van der Waals surface area contributed by atoms with E-state index in [9.17, 15) is 0 Å². The first-order valence-electron chi connectivity index (χ1n) is 2.33. The molecular weight excluding hydrogens is 161 g/mol. The maximum absolute atomic E-state index is 6.75. The van der Waals surface area contributed by atoms with Crippen molar-refractivity contribution in [2.24, 2.45) is 0 Å². The summed E-state index contributed by atoms with van der Waals surface area (Å²) in [7, 11) is 4.53. The van der Waals surface area contributed by atoms with Gasteiger partial charge in [0.25, 0.3) is 6.48 Å². The molecule has 0 aliphatic rings. The zero-order valence-electron chi connectivity index (χ0n) is 7.14. The second kappa shape index (κ2) is 16.6. The van der Waals surface area contributed by atoms with Crippen LogP contribution >= 0.6 is 0 Å². The van der Waals surface area contributed by atoms with Gasteiger partial charge in [0, 0.05) is 21.3 Å². The quantitative estimate of drug-likeness (QED) is 0.163. The molecule has 0 aromatic carbocycles. The van der Waals surface area contributed by atoms with Crippen LogP contribution in [0.25, 0.3) is 16.0 Å². The smallest absolute Gasteiger partial charge is 0.373 e. The van der Waals surface area contributed by atoms with Gasteiger partial charge in [0.05, 0.1) is 0 Å². The van der Waals surface area contributed by atoms with E-state index < -0.39 is 6.48 Å². The van der Waals surface area contributed by atoms with Crippen molar-refractivity contribution in [1.82, 2.24) is 0 Å². The molecule has 0 heterocycles. The van der Waals surface area contributed by atoms with Crippen molar-refractivity contribution in [3.8, 4) is 0 Å². The minimum absolute atomic E-state index is 0. The third-order valence-corrected chi connectivity index (χ3v) is 0.577. The maximum atomic E-state index is 6.75. The van der Waals surface area contributed by atoms with Crippen molar-refractivity contribution in [2.75, 3.05) is 21.3 Å². The normalized spacial score (nSPS) is 7.27. The van der Waals surface area contributed by atoms with Gasteiger partial charge in [-0.05, 0) is 0 Å². The Bertz CT molecular complexity index is 87.1. The van der Waals surface area contributed by atoms with E-state index in [1.807, 2.05) is 0 Å². The second-order valence-corrected chi connectivity index (χ2v) is 1.09. The Kier molecular flexibility index (Phi) is 26.2. The van der Waals surface area contributed by atoms with E-state index in [4.69, 9.17) is 11.1 Å². The number of hydrogen-bond donors (Lipinski definition) is 0. The molecule has 0 amide bonds. The van der Waals surface area contributed by atoms with Crippen LogP contribution in [-0.4, -0.2) is 27.8 Å². The van der Waals surface area contributed by atoms with Crippen molar-refractivity contribution >= 4 is 0 Å². The third kappa shape index (κ3) is 17.8. The molecule has 0 atom stereocenters. The Labute approximate surface area is 87.5 Å². The molecule has 6 nitrogen and oxygen atoms in total. The van der Waals surface area contributed by atoms with Crippen molar-refractivity contribution in [1.29, 1.82) is 0 Å². The van der Waals surface area contributed by atoms with Gasteiger partial charge in [-0.15, -0.1) is 0 Å². The molecular formula is C4H10N3NaO3. The summed E-state index contributed by atoms with van der Waals surface area (Å²) >= 11 is 0. The predicted octanol–water partition coefficient (Wildman–Crippen LogP) is -1.92. The van der Waals surface area contributed by atoms with E-state index in [-0.39, 0.29) is 29.6 Å². The second-order valence-electron chi connectivity index (χ2n) is 1.09. The van der Waals surface area contributed by atoms with Crippen molar-refractivity contribution in [2.45, 2.75) is 6.48 Å². The number of hydrogen-bond acceptors (Lipinski definition) is 3. The topological polar surface area (TPSA) is 86.4 Å². The summed E-state index contributed by atoms with van der Waals surface area (Å²) in [6.07, 6.45) is 0. The van der Waals surface area contributed by atoms with Gasteiger partial charge >= 0.3 is 29.6 Å². The minimum Gasteiger partial charge on any atom is -0.373 e. The molecule has 60 valence electrons. The summed E-state index contributed by atoms with van der Waals surface area (Å²) in [6, 6.07) is 0. The molecule has 0 spiro atoms. The van der Waals surface area contributed by atoms with E-state index in [1.165, 1.54) is 26.2 Å². The Hall–Kier alpha value is 0.190. The summed E-state index contributed by atoms with van der Waals surface area (Å²) in [6.45, 7) is -0.514. The first-order valence-corrected chi connectivity index (χ1v) is 2.33. The van der Waals surface area contributed by atoms with E-state index in [0.717, 1.165) is 0 Å². The van der Waals surface area contributed by atoms with Gasteiger partial charge < -0.3 is 25.3 Å². The zero-order valence-corrected chi connectivity index (χ0v) is 9.14.